The van der Waals surface area contributed by atoms with Crippen LogP contribution in [0.15, 0.2) is 50.4 Å². The van der Waals surface area contributed by atoms with E-state index in [1.807, 2.05) is 0 Å². The first-order chi connectivity index (χ1) is 11.9. The molecule has 0 unspecified atom stereocenters. The number of hydrogen-bond donors (Lipinski definition) is 2. The van der Waals surface area contributed by atoms with Crippen LogP contribution in [-0.4, -0.2) is 23.6 Å². The summed E-state index contributed by atoms with van der Waals surface area (Å²) in [7, 11) is 0. The van der Waals surface area contributed by atoms with E-state index in [0.29, 0.717) is 25.2 Å². The number of hydrazone groups is 1. The monoisotopic (exact) mass is 488 g/mol. The van der Waals surface area contributed by atoms with Crippen molar-refractivity contribution in [2.45, 2.75) is 0 Å². The summed E-state index contributed by atoms with van der Waals surface area (Å²) in [6.07, 6.45) is 1.40. The van der Waals surface area contributed by atoms with Gasteiger partial charge in [-0.25, -0.2) is 5.43 Å². The van der Waals surface area contributed by atoms with Crippen molar-refractivity contribution in [2.75, 3.05) is 11.9 Å². The van der Waals surface area contributed by atoms with Crippen LogP contribution in [-0.2, 0) is 4.79 Å². The number of hydrogen-bond acceptors (Lipinski definition) is 5. The highest BCUT2D eigenvalue weighted by molar-refractivity contribution is 9.11. The molecule has 0 bridgehead atoms. The number of nitrogens with zero attached hydrogens (tertiary/aromatic N) is 2. The van der Waals surface area contributed by atoms with E-state index in [1.54, 1.807) is 12.1 Å². The summed E-state index contributed by atoms with van der Waals surface area (Å²) in [4.78, 5) is 21.9. The van der Waals surface area contributed by atoms with Gasteiger partial charge in [0.25, 0.3) is 11.6 Å². The molecule has 0 heterocycles. The second-order valence-electron chi connectivity index (χ2n) is 4.74. The van der Waals surface area contributed by atoms with Gasteiger partial charge in [-0.2, -0.15) is 5.10 Å². The van der Waals surface area contributed by atoms with E-state index in [0.717, 1.165) is 0 Å². The molecule has 2 aromatic rings. The number of carbonyl (C=O) groups is 1. The molecule has 0 fully saturated rings. The molecule has 2 aromatic carbocycles. The Morgan fingerprint density at radius 1 is 1.24 bits per heavy atom. The Morgan fingerprint density at radius 2 is 1.84 bits per heavy atom. The molecule has 1 amide bonds. The van der Waals surface area contributed by atoms with Crippen molar-refractivity contribution in [1.29, 1.82) is 0 Å². The Balaban J connectivity index is 1.87. The molecule has 0 radical (unpaired) electrons. The average Bonchev–Trinajstić information content (AvgIpc) is 2.54. The lowest BCUT2D eigenvalue weighted by molar-refractivity contribution is -0.384. The summed E-state index contributed by atoms with van der Waals surface area (Å²) in [6.45, 7) is -0.00354. The van der Waals surface area contributed by atoms with Gasteiger partial charge in [-0.1, -0.05) is 11.6 Å². The largest absolute Gasteiger partial charge is 0.374 e. The standard InChI is InChI=1S/C15H11Br2ClN4O3/c16-12-5-10(18)6-13(17)15(12)19-8-14(23)21-20-7-9-1-3-11(4-2-9)22(24)25/h1-7,19H,8H2,(H,21,23)/b20-7-. The van der Waals surface area contributed by atoms with E-state index < -0.39 is 4.92 Å². The zero-order valence-corrected chi connectivity index (χ0v) is 16.4. The lowest BCUT2D eigenvalue weighted by Gasteiger charge is -2.10. The van der Waals surface area contributed by atoms with Crippen LogP contribution >= 0.6 is 43.5 Å². The minimum absolute atomic E-state index is 0.00354. The van der Waals surface area contributed by atoms with Crippen LogP contribution < -0.4 is 10.7 Å². The van der Waals surface area contributed by atoms with Crippen LogP contribution in [0.1, 0.15) is 5.56 Å². The van der Waals surface area contributed by atoms with Gasteiger partial charge >= 0.3 is 0 Å². The van der Waals surface area contributed by atoms with E-state index in [1.165, 1.54) is 30.5 Å². The molecule has 0 saturated carbocycles. The molecule has 0 aromatic heterocycles. The van der Waals surface area contributed by atoms with E-state index in [9.17, 15) is 14.9 Å². The minimum atomic E-state index is -0.485. The third-order valence-corrected chi connectivity index (χ3v) is 4.41. The fourth-order valence-corrected chi connectivity index (χ4v) is 3.73. The van der Waals surface area contributed by atoms with Crippen LogP contribution in [0.4, 0.5) is 11.4 Å². The van der Waals surface area contributed by atoms with E-state index >= 15 is 0 Å². The van der Waals surface area contributed by atoms with Crippen molar-refractivity contribution in [2.24, 2.45) is 5.10 Å². The summed E-state index contributed by atoms with van der Waals surface area (Å²) in [6, 6.07) is 9.21. The minimum Gasteiger partial charge on any atom is -0.374 e. The molecule has 0 aliphatic carbocycles. The number of nitro groups is 1. The molecule has 130 valence electrons. The number of halogens is 3. The van der Waals surface area contributed by atoms with Crippen molar-refractivity contribution in [3.63, 3.8) is 0 Å². The molecule has 0 aliphatic rings. The van der Waals surface area contributed by atoms with E-state index in [2.05, 4.69) is 47.7 Å². The van der Waals surface area contributed by atoms with E-state index in [-0.39, 0.29) is 18.1 Å². The lowest BCUT2D eigenvalue weighted by Crippen LogP contribution is -2.26. The number of nitro benzene ring substituents is 1. The molecular weight excluding hydrogens is 479 g/mol. The smallest absolute Gasteiger partial charge is 0.269 e. The molecule has 7 nitrogen and oxygen atoms in total. The zero-order valence-electron chi connectivity index (χ0n) is 12.5. The molecule has 2 rings (SSSR count). The maximum atomic E-state index is 11.8. The van der Waals surface area contributed by atoms with Gasteiger partial charge in [0, 0.05) is 26.1 Å². The first-order valence-corrected chi connectivity index (χ1v) is 8.78. The number of rotatable bonds is 6. The Kier molecular flexibility index (Phi) is 6.91. The average molecular weight is 491 g/mol. The third-order valence-electron chi connectivity index (χ3n) is 2.94. The predicted octanol–water partition coefficient (Wildman–Crippen LogP) is 4.34. The van der Waals surface area contributed by atoms with Crippen molar-refractivity contribution >= 4 is 67.0 Å². The van der Waals surface area contributed by atoms with Crippen LogP contribution in [0.2, 0.25) is 5.02 Å². The molecule has 25 heavy (non-hydrogen) atoms. The molecule has 2 N–H and O–H groups in total. The summed E-state index contributed by atoms with van der Waals surface area (Å²) in [5.74, 6) is -0.355. The van der Waals surface area contributed by atoms with Gasteiger partial charge in [0.2, 0.25) is 0 Å². The molecule has 10 heteroatoms. The molecular formula is C15H11Br2ClN4O3. The maximum absolute atomic E-state index is 11.8. The predicted molar refractivity (Wildman–Crippen MR) is 104 cm³/mol. The van der Waals surface area contributed by atoms with Crippen molar-refractivity contribution in [3.8, 4) is 0 Å². The highest BCUT2D eigenvalue weighted by Gasteiger charge is 2.08. The van der Waals surface area contributed by atoms with Crippen molar-refractivity contribution in [3.05, 3.63) is 66.0 Å². The number of carbonyl (C=O) groups excluding carboxylic acids is 1. The summed E-state index contributed by atoms with van der Waals surface area (Å²) >= 11 is 12.6. The first kappa shape index (κ1) is 19.4. The number of nitrogens with one attached hydrogen (secondary N) is 2. The Hall–Kier alpha value is -1.97. The van der Waals surface area contributed by atoms with E-state index in [4.69, 9.17) is 11.6 Å². The topological polar surface area (TPSA) is 96.6 Å². The van der Waals surface area contributed by atoms with Gasteiger partial charge in [-0.05, 0) is 61.7 Å². The van der Waals surface area contributed by atoms with Gasteiger partial charge in [-0.15, -0.1) is 0 Å². The highest BCUT2D eigenvalue weighted by atomic mass is 79.9. The number of non-ortho nitro benzene ring substituents is 1. The van der Waals surface area contributed by atoms with Crippen LogP contribution in [0.25, 0.3) is 0 Å². The number of anilines is 1. The third kappa shape index (κ3) is 5.80. The SMILES string of the molecule is O=C(CNc1c(Br)cc(Cl)cc1Br)N/N=C\c1ccc([N+](=O)[O-])cc1. The fourth-order valence-electron chi connectivity index (χ4n) is 1.78. The quantitative estimate of drug-likeness (QED) is 0.358. The van der Waals surface area contributed by atoms with Crippen molar-refractivity contribution in [1.82, 2.24) is 5.43 Å². The van der Waals surface area contributed by atoms with Gasteiger partial charge in [0.1, 0.15) is 0 Å². The highest BCUT2D eigenvalue weighted by Crippen LogP contribution is 2.33. The second-order valence-corrected chi connectivity index (χ2v) is 6.88. The summed E-state index contributed by atoms with van der Waals surface area (Å²) in [5.41, 5.74) is 3.68. The molecule has 0 aliphatic heterocycles. The van der Waals surface area contributed by atoms with Gasteiger partial charge < -0.3 is 5.32 Å². The maximum Gasteiger partial charge on any atom is 0.269 e. The Labute approximate surface area is 164 Å². The molecule has 0 saturated heterocycles. The Bertz CT molecular complexity index is 805. The normalized spacial score (nSPS) is 10.7. The lowest BCUT2D eigenvalue weighted by atomic mass is 10.2. The number of benzene rings is 2. The fraction of sp³-hybridized carbons (Fsp3) is 0.0667. The van der Waals surface area contributed by atoms with Crippen LogP contribution in [0, 0.1) is 10.1 Å². The van der Waals surface area contributed by atoms with Crippen LogP contribution in [0.3, 0.4) is 0 Å². The van der Waals surface area contributed by atoms with Crippen molar-refractivity contribution < 1.29 is 9.72 Å². The molecule has 0 atom stereocenters. The van der Waals surface area contributed by atoms with Gasteiger partial charge in [-0.3, -0.25) is 14.9 Å². The Morgan fingerprint density at radius 3 is 2.40 bits per heavy atom. The summed E-state index contributed by atoms with van der Waals surface area (Å²) < 4.78 is 1.43. The molecule has 0 spiro atoms. The number of amides is 1. The van der Waals surface area contributed by atoms with Gasteiger partial charge in [0.05, 0.1) is 23.4 Å². The second kappa shape index (κ2) is 8.93. The zero-order chi connectivity index (χ0) is 18.4. The van der Waals surface area contributed by atoms with Crippen LogP contribution in [0.5, 0.6) is 0 Å². The van der Waals surface area contributed by atoms with Gasteiger partial charge in [0.15, 0.2) is 0 Å². The first-order valence-electron chi connectivity index (χ1n) is 6.81. The summed E-state index contributed by atoms with van der Waals surface area (Å²) in [5, 5.41) is 17.9.